The van der Waals surface area contributed by atoms with Crippen LogP contribution in [-0.2, 0) is 14.3 Å². The van der Waals surface area contributed by atoms with E-state index in [1.165, 1.54) is 4.90 Å². The molecule has 0 saturated heterocycles. The number of hydrogen-bond acceptors (Lipinski definition) is 5. The number of nitrogens with zero attached hydrogens (tertiary/aromatic N) is 1. The molecule has 0 saturated carbocycles. The van der Waals surface area contributed by atoms with Crippen LogP contribution in [-0.4, -0.2) is 47.1 Å². The van der Waals surface area contributed by atoms with Gasteiger partial charge < -0.3 is 25.0 Å². The lowest BCUT2D eigenvalue weighted by Crippen LogP contribution is -2.58. The standard InChI is InChI=1S/C30H39N3O5/c1-10-21-12-14-22(15-13-21)25(26(34)32-23-16-18-24(37-9)19-17-23)33(30(7,8)11-2)27(35)20(3)31-28(36)38-29(4,5)6/h1,12-20,25H,11H2,2-9H3,(H,31,36)(H,32,34). The van der Waals surface area contributed by atoms with Crippen LogP contribution in [0, 0.1) is 12.3 Å². The first-order valence-electron chi connectivity index (χ1n) is 12.6. The number of anilines is 1. The number of terminal acetylenes is 1. The lowest BCUT2D eigenvalue weighted by atomic mass is 9.91. The highest BCUT2D eigenvalue weighted by Crippen LogP contribution is 2.33. The average molecular weight is 522 g/mol. The van der Waals surface area contributed by atoms with Crippen LogP contribution in [0.4, 0.5) is 10.5 Å². The van der Waals surface area contributed by atoms with Crippen molar-refractivity contribution in [2.75, 3.05) is 12.4 Å². The topological polar surface area (TPSA) is 97.0 Å². The average Bonchev–Trinajstić information content (AvgIpc) is 2.86. The second-order valence-corrected chi connectivity index (χ2v) is 10.6. The fourth-order valence-electron chi connectivity index (χ4n) is 3.76. The molecule has 2 N–H and O–H groups in total. The molecular formula is C30H39N3O5. The zero-order chi connectivity index (χ0) is 28.7. The van der Waals surface area contributed by atoms with E-state index in [2.05, 4.69) is 16.6 Å². The van der Waals surface area contributed by atoms with Crippen molar-refractivity contribution in [3.63, 3.8) is 0 Å². The fraction of sp³-hybridized carbons (Fsp3) is 0.433. The third-order valence-corrected chi connectivity index (χ3v) is 6.12. The van der Waals surface area contributed by atoms with Gasteiger partial charge in [-0.15, -0.1) is 6.42 Å². The van der Waals surface area contributed by atoms with Gasteiger partial charge in [-0.05, 0) is 89.9 Å². The van der Waals surface area contributed by atoms with Crippen molar-refractivity contribution in [3.05, 3.63) is 59.7 Å². The van der Waals surface area contributed by atoms with Crippen LogP contribution < -0.4 is 15.4 Å². The van der Waals surface area contributed by atoms with Gasteiger partial charge in [-0.25, -0.2) is 4.79 Å². The Hall–Kier alpha value is -3.99. The third kappa shape index (κ3) is 8.01. The summed E-state index contributed by atoms with van der Waals surface area (Å²) < 4.78 is 10.5. The molecule has 2 unspecified atom stereocenters. The van der Waals surface area contributed by atoms with Gasteiger partial charge >= 0.3 is 6.09 Å². The molecule has 0 aliphatic rings. The van der Waals surface area contributed by atoms with Crippen molar-refractivity contribution in [3.8, 4) is 18.1 Å². The maximum absolute atomic E-state index is 14.0. The summed E-state index contributed by atoms with van der Waals surface area (Å²) in [4.78, 5) is 41.8. The number of benzene rings is 2. The molecule has 8 heteroatoms. The minimum Gasteiger partial charge on any atom is -0.497 e. The molecule has 2 aromatic rings. The predicted molar refractivity (Wildman–Crippen MR) is 149 cm³/mol. The van der Waals surface area contributed by atoms with Crippen LogP contribution in [0.3, 0.4) is 0 Å². The van der Waals surface area contributed by atoms with E-state index >= 15 is 0 Å². The van der Waals surface area contributed by atoms with Gasteiger partial charge in [-0.1, -0.05) is 25.0 Å². The van der Waals surface area contributed by atoms with Crippen LogP contribution in [0.2, 0.25) is 0 Å². The lowest BCUT2D eigenvalue weighted by Gasteiger charge is -2.44. The maximum atomic E-state index is 14.0. The summed E-state index contributed by atoms with van der Waals surface area (Å²) in [5.74, 6) is 2.37. The van der Waals surface area contributed by atoms with Crippen LogP contribution in [0.15, 0.2) is 48.5 Å². The molecule has 0 radical (unpaired) electrons. The second-order valence-electron chi connectivity index (χ2n) is 10.6. The van der Waals surface area contributed by atoms with Crippen molar-refractivity contribution in [1.82, 2.24) is 10.2 Å². The zero-order valence-corrected chi connectivity index (χ0v) is 23.5. The Morgan fingerprint density at radius 1 is 1.00 bits per heavy atom. The van der Waals surface area contributed by atoms with Crippen molar-refractivity contribution < 1.29 is 23.9 Å². The molecule has 0 aliphatic heterocycles. The molecule has 0 bridgehead atoms. The summed E-state index contributed by atoms with van der Waals surface area (Å²) in [6, 6.07) is 11.9. The summed E-state index contributed by atoms with van der Waals surface area (Å²) in [6.07, 6.45) is 5.36. The van der Waals surface area contributed by atoms with E-state index in [0.717, 1.165) is 0 Å². The quantitative estimate of drug-likeness (QED) is 0.437. The van der Waals surface area contributed by atoms with E-state index in [1.54, 1.807) is 83.3 Å². The summed E-state index contributed by atoms with van der Waals surface area (Å²) in [6.45, 7) is 12.5. The van der Waals surface area contributed by atoms with Crippen molar-refractivity contribution in [2.45, 2.75) is 78.1 Å². The van der Waals surface area contributed by atoms with E-state index in [9.17, 15) is 14.4 Å². The molecule has 0 heterocycles. The van der Waals surface area contributed by atoms with Crippen LogP contribution in [0.25, 0.3) is 0 Å². The van der Waals surface area contributed by atoms with Gasteiger partial charge in [0.25, 0.3) is 5.91 Å². The molecule has 3 amide bonds. The summed E-state index contributed by atoms with van der Waals surface area (Å²) in [5, 5.41) is 5.54. The van der Waals surface area contributed by atoms with Crippen LogP contribution in [0.5, 0.6) is 5.75 Å². The Bertz CT molecular complexity index is 1160. The SMILES string of the molecule is C#Cc1ccc(C(C(=O)Nc2ccc(OC)cc2)N(C(=O)C(C)NC(=O)OC(C)(C)C)C(C)(C)CC)cc1. The zero-order valence-electron chi connectivity index (χ0n) is 23.5. The Balaban J connectivity index is 2.53. The molecule has 8 nitrogen and oxygen atoms in total. The molecule has 2 aromatic carbocycles. The van der Waals surface area contributed by atoms with E-state index < -0.39 is 41.1 Å². The van der Waals surface area contributed by atoms with Gasteiger partial charge in [0.05, 0.1) is 7.11 Å². The normalized spacial score (nSPS) is 12.9. The highest BCUT2D eigenvalue weighted by Gasteiger charge is 2.42. The van der Waals surface area contributed by atoms with E-state index in [1.807, 2.05) is 20.8 Å². The molecule has 2 rings (SSSR count). The molecule has 0 aliphatic carbocycles. The molecule has 0 aromatic heterocycles. The molecule has 204 valence electrons. The summed E-state index contributed by atoms with van der Waals surface area (Å²) >= 11 is 0. The Morgan fingerprint density at radius 3 is 2.05 bits per heavy atom. The Kier molecular flexibility index (Phi) is 9.95. The van der Waals surface area contributed by atoms with Crippen molar-refractivity contribution in [2.24, 2.45) is 0 Å². The number of nitrogens with one attached hydrogen (secondary N) is 2. The van der Waals surface area contributed by atoms with E-state index in [0.29, 0.717) is 29.0 Å². The smallest absolute Gasteiger partial charge is 0.408 e. The third-order valence-electron chi connectivity index (χ3n) is 6.12. The summed E-state index contributed by atoms with van der Waals surface area (Å²) in [5.41, 5.74) is 0.287. The molecule has 0 spiro atoms. The number of carbonyl (C=O) groups is 3. The van der Waals surface area contributed by atoms with Gasteiger partial charge in [-0.2, -0.15) is 0 Å². The highest BCUT2D eigenvalue weighted by atomic mass is 16.6. The van der Waals surface area contributed by atoms with Crippen LogP contribution in [0.1, 0.15) is 72.1 Å². The Morgan fingerprint density at radius 2 is 1.58 bits per heavy atom. The number of rotatable bonds is 9. The predicted octanol–water partition coefficient (Wildman–Crippen LogP) is 5.29. The second kappa shape index (κ2) is 12.5. The van der Waals surface area contributed by atoms with E-state index in [-0.39, 0.29) is 0 Å². The minimum absolute atomic E-state index is 0.414. The molecule has 0 fully saturated rings. The number of amides is 3. The first-order chi connectivity index (χ1) is 17.7. The largest absolute Gasteiger partial charge is 0.497 e. The number of ether oxygens (including phenoxy) is 2. The minimum atomic E-state index is -1.02. The van der Waals surface area contributed by atoms with Gasteiger partial charge in [0.15, 0.2) is 0 Å². The maximum Gasteiger partial charge on any atom is 0.408 e. The Labute approximate surface area is 226 Å². The lowest BCUT2D eigenvalue weighted by molar-refractivity contribution is -0.147. The van der Waals surface area contributed by atoms with Crippen LogP contribution >= 0.6 is 0 Å². The van der Waals surface area contributed by atoms with Gasteiger partial charge in [0, 0.05) is 16.8 Å². The molecular weight excluding hydrogens is 482 g/mol. The van der Waals surface area contributed by atoms with E-state index in [4.69, 9.17) is 15.9 Å². The molecule has 38 heavy (non-hydrogen) atoms. The van der Waals surface area contributed by atoms with Gasteiger partial charge in [-0.3, -0.25) is 9.59 Å². The first kappa shape index (κ1) is 30.2. The van der Waals surface area contributed by atoms with Crippen molar-refractivity contribution >= 4 is 23.6 Å². The monoisotopic (exact) mass is 521 g/mol. The first-order valence-corrected chi connectivity index (χ1v) is 12.6. The highest BCUT2D eigenvalue weighted by molar-refractivity contribution is 5.99. The number of hydrogen-bond donors (Lipinski definition) is 2. The number of methoxy groups -OCH3 is 1. The molecule has 2 atom stereocenters. The van der Waals surface area contributed by atoms with Crippen molar-refractivity contribution in [1.29, 1.82) is 0 Å². The fourth-order valence-corrected chi connectivity index (χ4v) is 3.76. The van der Waals surface area contributed by atoms with Gasteiger partial charge in [0.2, 0.25) is 5.91 Å². The van der Waals surface area contributed by atoms with Gasteiger partial charge in [0.1, 0.15) is 23.4 Å². The number of carbonyl (C=O) groups excluding carboxylic acids is 3. The summed E-state index contributed by atoms with van der Waals surface area (Å²) in [7, 11) is 1.56. The number of alkyl carbamates (subject to hydrolysis) is 1.